The lowest BCUT2D eigenvalue weighted by Gasteiger charge is -2.22. The van der Waals surface area contributed by atoms with E-state index < -0.39 is 0 Å². The van der Waals surface area contributed by atoms with Gasteiger partial charge in [-0.05, 0) is 29.8 Å². The molecule has 24 heavy (non-hydrogen) atoms. The first kappa shape index (κ1) is 18.3. The van der Waals surface area contributed by atoms with Gasteiger partial charge < -0.3 is 4.90 Å². The molecule has 2 rings (SSSR count). The van der Waals surface area contributed by atoms with Crippen LogP contribution in [-0.4, -0.2) is 37.0 Å². The molecule has 126 valence electrons. The molecule has 4 nitrogen and oxygen atoms in total. The average Bonchev–Trinajstić information content (AvgIpc) is 2.63. The Morgan fingerprint density at radius 3 is 2.21 bits per heavy atom. The molecule has 1 amide bonds. The zero-order chi connectivity index (χ0) is 17.2. The second-order valence-electron chi connectivity index (χ2n) is 5.02. The van der Waals surface area contributed by atoms with Crippen LogP contribution in [0.3, 0.4) is 0 Å². The van der Waals surface area contributed by atoms with Crippen molar-refractivity contribution in [1.82, 2.24) is 5.43 Å². The van der Waals surface area contributed by atoms with Gasteiger partial charge in [0.05, 0.1) is 6.21 Å². The van der Waals surface area contributed by atoms with Crippen molar-refractivity contribution in [3.8, 4) is 0 Å². The molecule has 2 aromatic carbocycles. The summed E-state index contributed by atoms with van der Waals surface area (Å²) in [6, 6.07) is 16.8. The lowest BCUT2D eigenvalue weighted by molar-refractivity contribution is 0.0955. The number of anilines is 1. The van der Waals surface area contributed by atoms with Gasteiger partial charge in [-0.25, -0.2) is 5.43 Å². The van der Waals surface area contributed by atoms with Crippen LogP contribution in [0.2, 0.25) is 0 Å². The summed E-state index contributed by atoms with van der Waals surface area (Å²) in [4.78, 5) is 14.0. The SMILES string of the molecule is O=C(NN=Cc1ccc(N(CCCl)CCCl)cc1)c1ccccc1. The summed E-state index contributed by atoms with van der Waals surface area (Å²) < 4.78 is 0. The highest BCUT2D eigenvalue weighted by molar-refractivity contribution is 6.18. The lowest BCUT2D eigenvalue weighted by atomic mass is 10.2. The predicted molar refractivity (Wildman–Crippen MR) is 102 cm³/mol. The molecular weight excluding hydrogens is 345 g/mol. The fourth-order valence-electron chi connectivity index (χ4n) is 2.16. The van der Waals surface area contributed by atoms with Crippen molar-refractivity contribution in [2.75, 3.05) is 29.7 Å². The van der Waals surface area contributed by atoms with Gasteiger partial charge in [-0.1, -0.05) is 30.3 Å². The number of carbonyl (C=O) groups excluding carboxylic acids is 1. The summed E-state index contributed by atoms with van der Waals surface area (Å²) >= 11 is 11.6. The van der Waals surface area contributed by atoms with Crippen molar-refractivity contribution in [2.45, 2.75) is 0 Å². The molecule has 0 aliphatic heterocycles. The number of halogens is 2. The fourth-order valence-corrected chi connectivity index (χ4v) is 2.57. The van der Waals surface area contributed by atoms with Gasteiger partial charge in [-0.15, -0.1) is 23.2 Å². The predicted octanol–water partition coefficient (Wildman–Crippen LogP) is 3.73. The summed E-state index contributed by atoms with van der Waals surface area (Å²) in [5, 5.41) is 3.98. The topological polar surface area (TPSA) is 44.7 Å². The van der Waals surface area contributed by atoms with Gasteiger partial charge in [0.25, 0.3) is 5.91 Å². The number of hydrogen-bond donors (Lipinski definition) is 1. The highest BCUT2D eigenvalue weighted by Crippen LogP contribution is 2.15. The van der Waals surface area contributed by atoms with Crippen molar-refractivity contribution < 1.29 is 4.79 Å². The molecule has 0 fully saturated rings. The van der Waals surface area contributed by atoms with Crippen LogP contribution in [0.5, 0.6) is 0 Å². The first-order chi connectivity index (χ1) is 11.7. The molecule has 0 unspecified atom stereocenters. The third-order valence-electron chi connectivity index (χ3n) is 3.38. The van der Waals surface area contributed by atoms with E-state index in [1.165, 1.54) is 0 Å². The Morgan fingerprint density at radius 1 is 1.00 bits per heavy atom. The molecule has 1 N–H and O–H groups in total. The summed E-state index contributed by atoms with van der Waals surface area (Å²) in [5.41, 5.74) is 5.03. The second kappa shape index (κ2) is 9.96. The Morgan fingerprint density at radius 2 is 1.62 bits per heavy atom. The van der Waals surface area contributed by atoms with E-state index in [-0.39, 0.29) is 5.91 Å². The van der Waals surface area contributed by atoms with Gasteiger partial charge in [0.15, 0.2) is 0 Å². The molecule has 0 aliphatic rings. The maximum absolute atomic E-state index is 11.9. The maximum atomic E-state index is 11.9. The highest BCUT2D eigenvalue weighted by Gasteiger charge is 2.05. The molecule has 0 aromatic heterocycles. The van der Waals surface area contributed by atoms with Gasteiger partial charge in [0.2, 0.25) is 0 Å². The van der Waals surface area contributed by atoms with Crippen LogP contribution in [0, 0.1) is 0 Å². The molecule has 0 aliphatic carbocycles. The van der Waals surface area contributed by atoms with Crippen LogP contribution in [-0.2, 0) is 0 Å². The molecule has 0 spiro atoms. The second-order valence-corrected chi connectivity index (χ2v) is 5.78. The normalized spacial score (nSPS) is 10.8. The van der Waals surface area contributed by atoms with E-state index in [2.05, 4.69) is 15.4 Å². The van der Waals surface area contributed by atoms with E-state index in [1.807, 2.05) is 42.5 Å². The van der Waals surface area contributed by atoms with E-state index in [9.17, 15) is 4.79 Å². The standard InChI is InChI=1S/C18H19Cl2N3O/c19-10-12-23(13-11-20)17-8-6-15(7-9-17)14-21-22-18(24)16-4-2-1-3-5-16/h1-9,14H,10-13H2,(H,22,24). The number of alkyl halides is 2. The number of hydrogen-bond acceptors (Lipinski definition) is 3. The third-order valence-corrected chi connectivity index (χ3v) is 3.72. The number of benzene rings is 2. The smallest absolute Gasteiger partial charge is 0.271 e. The summed E-state index contributed by atoms with van der Waals surface area (Å²) in [7, 11) is 0. The Labute approximate surface area is 152 Å². The number of hydrazone groups is 1. The van der Waals surface area contributed by atoms with Crippen molar-refractivity contribution in [2.24, 2.45) is 5.10 Å². The minimum Gasteiger partial charge on any atom is -0.369 e. The molecule has 0 saturated carbocycles. The monoisotopic (exact) mass is 363 g/mol. The molecule has 0 bridgehead atoms. The van der Waals surface area contributed by atoms with Crippen LogP contribution in [0.15, 0.2) is 59.7 Å². The van der Waals surface area contributed by atoms with Gasteiger partial charge in [0.1, 0.15) is 0 Å². The summed E-state index contributed by atoms with van der Waals surface area (Å²) in [6.45, 7) is 1.49. The lowest BCUT2D eigenvalue weighted by Crippen LogP contribution is -2.27. The molecular formula is C18H19Cl2N3O. The number of nitrogens with zero attached hydrogens (tertiary/aromatic N) is 2. The molecule has 0 saturated heterocycles. The minimum absolute atomic E-state index is 0.237. The largest absolute Gasteiger partial charge is 0.369 e. The van der Waals surface area contributed by atoms with E-state index in [1.54, 1.807) is 18.3 Å². The van der Waals surface area contributed by atoms with E-state index in [0.29, 0.717) is 17.3 Å². The molecule has 0 heterocycles. The van der Waals surface area contributed by atoms with Crippen molar-refractivity contribution in [3.05, 3.63) is 65.7 Å². The first-order valence-electron chi connectivity index (χ1n) is 7.60. The summed E-state index contributed by atoms with van der Waals surface area (Å²) in [5.74, 6) is 0.857. The number of amides is 1. The number of carbonyl (C=O) groups is 1. The third kappa shape index (κ3) is 5.55. The number of nitrogens with one attached hydrogen (secondary N) is 1. The van der Waals surface area contributed by atoms with Crippen molar-refractivity contribution in [3.63, 3.8) is 0 Å². The maximum Gasteiger partial charge on any atom is 0.271 e. The van der Waals surface area contributed by atoms with Gasteiger partial charge >= 0.3 is 0 Å². The molecule has 2 aromatic rings. The fraction of sp³-hybridized carbons (Fsp3) is 0.222. The zero-order valence-corrected chi connectivity index (χ0v) is 14.7. The van der Waals surface area contributed by atoms with Crippen molar-refractivity contribution in [1.29, 1.82) is 0 Å². The summed E-state index contributed by atoms with van der Waals surface area (Å²) in [6.07, 6.45) is 1.61. The Balaban J connectivity index is 1.94. The van der Waals surface area contributed by atoms with Crippen molar-refractivity contribution >= 4 is 41.0 Å². The van der Waals surface area contributed by atoms with Gasteiger partial charge in [-0.3, -0.25) is 4.79 Å². The number of rotatable bonds is 8. The van der Waals surface area contributed by atoms with E-state index in [0.717, 1.165) is 24.3 Å². The molecule has 6 heteroatoms. The Bertz CT molecular complexity index is 654. The quantitative estimate of drug-likeness (QED) is 0.441. The van der Waals surface area contributed by atoms with Crippen LogP contribution in [0.1, 0.15) is 15.9 Å². The highest BCUT2D eigenvalue weighted by atomic mass is 35.5. The van der Waals surface area contributed by atoms with E-state index in [4.69, 9.17) is 23.2 Å². The van der Waals surface area contributed by atoms with Crippen LogP contribution in [0.4, 0.5) is 5.69 Å². The van der Waals surface area contributed by atoms with Crippen LogP contribution < -0.4 is 10.3 Å². The zero-order valence-electron chi connectivity index (χ0n) is 13.2. The molecule has 0 radical (unpaired) electrons. The van der Waals surface area contributed by atoms with Gasteiger partial charge in [-0.2, -0.15) is 5.10 Å². The molecule has 0 atom stereocenters. The van der Waals surface area contributed by atoms with Crippen LogP contribution >= 0.6 is 23.2 Å². The van der Waals surface area contributed by atoms with E-state index >= 15 is 0 Å². The Kier molecular flexibility index (Phi) is 7.59. The first-order valence-corrected chi connectivity index (χ1v) is 8.67. The van der Waals surface area contributed by atoms with Crippen LogP contribution in [0.25, 0.3) is 0 Å². The minimum atomic E-state index is -0.237. The van der Waals surface area contributed by atoms with Gasteiger partial charge in [0, 0.05) is 36.1 Å². The average molecular weight is 364 g/mol. The Hall–Kier alpha value is -2.04.